The number of fused-ring (bicyclic) bond motifs is 11. The zero-order valence-electron chi connectivity index (χ0n) is 22.0. The van der Waals surface area contributed by atoms with Crippen molar-refractivity contribution < 1.29 is 15.2 Å². The maximum absolute atomic E-state index is 14.5. The van der Waals surface area contributed by atoms with E-state index < -0.39 is 5.23 Å². The van der Waals surface area contributed by atoms with Gasteiger partial charge in [-0.1, -0.05) is 24.3 Å². The molecule has 9 nitrogen and oxygen atoms in total. The van der Waals surface area contributed by atoms with Crippen LogP contribution in [0.4, 0.5) is 11.4 Å². The van der Waals surface area contributed by atoms with Gasteiger partial charge in [0.1, 0.15) is 0 Å². The Morgan fingerprint density at radius 2 is 1.95 bits per heavy atom. The number of nitrogens with zero attached hydrogens (tertiary/aromatic N) is 3. The highest BCUT2D eigenvalue weighted by Gasteiger charge is 2.50. The number of anilines is 1. The molecule has 3 N–H and O–H groups in total. The molecule has 6 heterocycles. The van der Waals surface area contributed by atoms with E-state index in [9.17, 15) is 20.0 Å². The van der Waals surface area contributed by atoms with Gasteiger partial charge in [0.05, 0.1) is 5.92 Å². The number of carbonyl (C=O) groups is 1. The van der Waals surface area contributed by atoms with Crippen molar-refractivity contribution in [1.29, 1.82) is 0 Å². The van der Waals surface area contributed by atoms with E-state index in [-0.39, 0.29) is 40.9 Å². The Morgan fingerprint density at radius 3 is 2.83 bits per heavy atom. The molecule has 8 rings (SSSR count). The standard InChI is InChI=1S/C31H31N5O4/c37-29-7-3-6-27-19-12-20(16-34(27)29)30-23(14-18-13-21(36(39)40)8-9-28(18)35(30)15-19)31(38)33-11-10-26-24(17-33)22-4-1-2-5-25(22)32-26/h1-9,13,19-20,23,30,32,36,39H,10-12,14-17H2/t19?,20?,23-,30+/m1/s1. The number of carbonyl (C=O) groups excluding carboxylic acids is 1. The highest BCUT2D eigenvalue weighted by Crippen LogP contribution is 2.48. The fourth-order valence-corrected chi connectivity index (χ4v) is 8.06. The van der Waals surface area contributed by atoms with Crippen molar-refractivity contribution in [3.63, 3.8) is 0 Å². The van der Waals surface area contributed by atoms with Gasteiger partial charge in [-0.25, -0.2) is 5.21 Å². The first-order chi connectivity index (χ1) is 19.5. The van der Waals surface area contributed by atoms with Crippen molar-refractivity contribution in [2.75, 3.05) is 18.0 Å². The molecule has 4 aliphatic heterocycles. The number of piperidine rings is 1. The van der Waals surface area contributed by atoms with E-state index in [1.54, 1.807) is 18.2 Å². The van der Waals surface area contributed by atoms with Crippen LogP contribution in [0.2, 0.25) is 0 Å². The number of H-pyrrole nitrogens is 1. The highest BCUT2D eigenvalue weighted by atomic mass is 16.8. The molecule has 3 unspecified atom stereocenters. The predicted octanol–water partition coefficient (Wildman–Crippen LogP) is 2.48. The molecule has 40 heavy (non-hydrogen) atoms. The zero-order chi connectivity index (χ0) is 27.1. The minimum Gasteiger partial charge on any atom is -0.595 e. The third-order valence-electron chi connectivity index (χ3n) is 9.77. The average Bonchev–Trinajstić information content (AvgIpc) is 3.34. The number of hydrogen-bond acceptors (Lipinski definition) is 5. The van der Waals surface area contributed by atoms with E-state index >= 15 is 0 Å². The summed E-state index contributed by atoms with van der Waals surface area (Å²) in [6.07, 6.45) is 2.24. The second-order valence-electron chi connectivity index (χ2n) is 11.8. The Hall–Kier alpha value is -3.92. The van der Waals surface area contributed by atoms with Crippen LogP contribution >= 0.6 is 0 Å². The lowest BCUT2D eigenvalue weighted by atomic mass is 9.69. The third-order valence-corrected chi connectivity index (χ3v) is 9.77. The Bertz CT molecular complexity index is 1720. The van der Waals surface area contributed by atoms with E-state index in [1.807, 2.05) is 33.7 Å². The first-order valence-electron chi connectivity index (χ1n) is 14.2. The van der Waals surface area contributed by atoms with Gasteiger partial charge >= 0.3 is 0 Å². The molecule has 4 aromatic rings. The first kappa shape index (κ1) is 23.9. The minimum atomic E-state index is -0.959. The number of benzene rings is 2. The Morgan fingerprint density at radius 1 is 1.07 bits per heavy atom. The normalized spacial score (nSPS) is 25.6. The van der Waals surface area contributed by atoms with Crippen LogP contribution < -0.4 is 15.7 Å². The average molecular weight is 538 g/mol. The second-order valence-corrected chi connectivity index (χ2v) is 11.8. The summed E-state index contributed by atoms with van der Waals surface area (Å²) in [6, 6.07) is 19.1. The number of hydrogen-bond donors (Lipinski definition) is 3. The van der Waals surface area contributed by atoms with E-state index in [0.29, 0.717) is 32.6 Å². The van der Waals surface area contributed by atoms with E-state index in [0.717, 1.165) is 35.3 Å². The lowest BCUT2D eigenvalue weighted by Crippen LogP contribution is -2.99. The fraction of sp³-hybridized carbons (Fsp3) is 0.355. The number of rotatable bonds is 2. The Balaban J connectivity index is 1.19. The second kappa shape index (κ2) is 8.79. The zero-order valence-corrected chi connectivity index (χ0v) is 22.0. The van der Waals surface area contributed by atoms with Crippen molar-refractivity contribution in [3.8, 4) is 0 Å². The predicted molar refractivity (Wildman–Crippen MR) is 150 cm³/mol. The van der Waals surface area contributed by atoms with Gasteiger partial charge in [0, 0.05) is 96.3 Å². The van der Waals surface area contributed by atoms with Crippen LogP contribution in [0.25, 0.3) is 10.9 Å². The summed E-state index contributed by atoms with van der Waals surface area (Å²) < 4.78 is 1.92. The summed E-state index contributed by atoms with van der Waals surface area (Å²) in [7, 11) is 0. The van der Waals surface area contributed by atoms with Crippen LogP contribution in [0.1, 0.15) is 34.9 Å². The van der Waals surface area contributed by atoms with E-state index in [2.05, 4.69) is 28.1 Å². The number of pyridine rings is 1. The van der Waals surface area contributed by atoms with Crippen LogP contribution in [-0.2, 0) is 30.7 Å². The largest absolute Gasteiger partial charge is 0.595 e. The van der Waals surface area contributed by atoms with Crippen LogP contribution in [0.15, 0.2) is 65.5 Å². The lowest BCUT2D eigenvalue weighted by molar-refractivity contribution is -0.991. The molecule has 1 saturated heterocycles. The van der Waals surface area contributed by atoms with Gasteiger partial charge in [0.2, 0.25) is 5.91 Å². The summed E-state index contributed by atoms with van der Waals surface area (Å²) in [5.74, 6) is 0.159. The summed E-state index contributed by atoms with van der Waals surface area (Å²) in [5.41, 5.74) is 6.78. The lowest BCUT2D eigenvalue weighted by Gasteiger charge is -2.54. The summed E-state index contributed by atoms with van der Waals surface area (Å²) in [6.45, 7) is 2.53. The molecule has 204 valence electrons. The smallest absolute Gasteiger partial charge is 0.250 e. The molecule has 0 spiro atoms. The number of aromatic nitrogens is 2. The molecule has 2 bridgehead atoms. The minimum absolute atomic E-state index is 0.0220. The molecule has 2 aromatic heterocycles. The van der Waals surface area contributed by atoms with Gasteiger partial charge in [-0.3, -0.25) is 9.59 Å². The van der Waals surface area contributed by atoms with E-state index in [4.69, 9.17) is 0 Å². The monoisotopic (exact) mass is 537 g/mol. The number of aromatic amines is 1. The third kappa shape index (κ3) is 3.51. The molecule has 0 radical (unpaired) electrons. The number of para-hydroxylation sites is 1. The number of nitrogens with one attached hydrogen (secondary N) is 2. The molecule has 0 saturated carbocycles. The van der Waals surface area contributed by atoms with Crippen molar-refractivity contribution in [2.45, 2.75) is 44.3 Å². The van der Waals surface area contributed by atoms with Crippen LogP contribution in [0, 0.1) is 17.0 Å². The van der Waals surface area contributed by atoms with Crippen LogP contribution in [0.5, 0.6) is 0 Å². The highest BCUT2D eigenvalue weighted by molar-refractivity contribution is 5.87. The van der Waals surface area contributed by atoms with Crippen LogP contribution in [0.3, 0.4) is 0 Å². The summed E-state index contributed by atoms with van der Waals surface area (Å²) in [4.78, 5) is 35.2. The van der Waals surface area contributed by atoms with Gasteiger partial charge in [-0.05, 0) is 42.5 Å². The molecule has 2 aromatic carbocycles. The number of quaternary nitrogens is 1. The van der Waals surface area contributed by atoms with Crippen molar-refractivity contribution in [3.05, 3.63) is 98.7 Å². The maximum Gasteiger partial charge on any atom is 0.250 e. The SMILES string of the molecule is O=C([C@@H]1Cc2cc([NH+]([O-])O)ccc2N2CC3CC(Cn4c3cccc4=O)[C@@H]12)N1CCc2[nH]c3ccccc3c2C1. The van der Waals surface area contributed by atoms with Gasteiger partial charge < -0.3 is 24.6 Å². The molecule has 1 amide bonds. The Kier molecular flexibility index (Phi) is 5.26. The van der Waals surface area contributed by atoms with Gasteiger partial charge in [0.25, 0.3) is 5.56 Å². The fourth-order valence-electron chi connectivity index (χ4n) is 8.06. The van der Waals surface area contributed by atoms with Crippen LogP contribution in [-0.4, -0.2) is 44.7 Å². The molecule has 1 fully saturated rings. The topological polar surface area (TPSA) is 109 Å². The summed E-state index contributed by atoms with van der Waals surface area (Å²) >= 11 is 0. The van der Waals surface area contributed by atoms with Gasteiger partial charge in [-0.15, -0.1) is 0 Å². The molecule has 9 heteroatoms. The molecule has 4 aliphatic rings. The first-order valence-corrected chi connectivity index (χ1v) is 14.2. The number of amides is 1. The van der Waals surface area contributed by atoms with Crippen molar-refractivity contribution >= 4 is 28.2 Å². The van der Waals surface area contributed by atoms with Gasteiger partial charge in [-0.2, -0.15) is 5.23 Å². The molecule has 0 aliphatic carbocycles. The van der Waals surface area contributed by atoms with Gasteiger partial charge in [0.15, 0.2) is 5.69 Å². The van der Waals surface area contributed by atoms with E-state index in [1.165, 1.54) is 16.6 Å². The van der Waals surface area contributed by atoms with Crippen molar-refractivity contribution in [2.24, 2.45) is 11.8 Å². The van der Waals surface area contributed by atoms with Crippen molar-refractivity contribution in [1.82, 2.24) is 14.5 Å². The quantitative estimate of drug-likeness (QED) is 0.341. The molecule has 5 atom stereocenters. The summed E-state index contributed by atoms with van der Waals surface area (Å²) in [5, 5.41) is 21.7. The Labute approximate surface area is 230 Å². The maximum atomic E-state index is 14.5. The molecular weight excluding hydrogens is 506 g/mol. The molecular formula is C31H31N5O4.